The molecule has 0 aromatic heterocycles. The van der Waals surface area contributed by atoms with Crippen molar-refractivity contribution in [2.75, 3.05) is 18.5 Å². The minimum atomic E-state index is -3.70. The van der Waals surface area contributed by atoms with E-state index in [0.717, 1.165) is 0 Å². The molecule has 0 aliphatic carbocycles. The first-order chi connectivity index (χ1) is 13.1. The number of benzene rings is 2. The molecule has 0 spiro atoms. The molecule has 0 bridgehead atoms. The van der Waals surface area contributed by atoms with Crippen molar-refractivity contribution in [1.82, 2.24) is 9.73 Å². The summed E-state index contributed by atoms with van der Waals surface area (Å²) in [6, 6.07) is 7.44. The lowest BCUT2D eigenvalue weighted by molar-refractivity contribution is 0.0962. The highest BCUT2D eigenvalue weighted by molar-refractivity contribution is 7.89. The van der Waals surface area contributed by atoms with E-state index >= 15 is 0 Å². The lowest BCUT2D eigenvalue weighted by Gasteiger charge is -2.20. The Kier molecular flexibility index (Phi) is 7.59. The number of hydrogen-bond donors (Lipinski definition) is 2. The molecule has 6 nitrogen and oxygen atoms in total. The number of rotatable bonds is 7. The molecule has 0 heterocycles. The van der Waals surface area contributed by atoms with Gasteiger partial charge in [0.05, 0.1) is 20.6 Å². The Morgan fingerprint density at radius 1 is 1.04 bits per heavy atom. The number of nitrogens with one attached hydrogen (secondary N) is 2. The second-order valence-corrected chi connectivity index (χ2v) is 9.05. The van der Waals surface area contributed by atoms with Crippen LogP contribution >= 0.6 is 34.8 Å². The summed E-state index contributed by atoms with van der Waals surface area (Å²) >= 11 is 18.0. The van der Waals surface area contributed by atoms with Gasteiger partial charge in [-0.15, -0.1) is 0 Å². The van der Waals surface area contributed by atoms with Gasteiger partial charge >= 0.3 is 0 Å². The van der Waals surface area contributed by atoms with E-state index in [0.29, 0.717) is 23.7 Å². The molecule has 10 heteroatoms. The van der Waals surface area contributed by atoms with Gasteiger partial charge in [0.1, 0.15) is 0 Å². The average Bonchev–Trinajstić information content (AvgIpc) is 2.61. The van der Waals surface area contributed by atoms with Crippen molar-refractivity contribution in [3.05, 3.63) is 56.5 Å². The van der Waals surface area contributed by atoms with Crippen LogP contribution in [0.1, 0.15) is 29.8 Å². The molecule has 2 rings (SSSR count). The highest BCUT2D eigenvalue weighted by atomic mass is 35.5. The maximum atomic E-state index is 12.8. The molecule has 0 aliphatic heterocycles. The molecule has 0 saturated heterocycles. The van der Waals surface area contributed by atoms with Crippen molar-refractivity contribution in [1.29, 1.82) is 0 Å². The molecule has 0 atom stereocenters. The molecule has 152 valence electrons. The summed E-state index contributed by atoms with van der Waals surface area (Å²) in [5.41, 5.74) is 6.11. The number of carbonyl (C=O) groups excluding carboxylic acids is 1. The first-order valence-corrected chi connectivity index (χ1v) is 11.0. The Morgan fingerprint density at radius 2 is 1.61 bits per heavy atom. The van der Waals surface area contributed by atoms with E-state index < -0.39 is 15.9 Å². The Bertz CT molecular complexity index is 970. The van der Waals surface area contributed by atoms with Crippen LogP contribution in [-0.4, -0.2) is 31.7 Å². The minimum absolute atomic E-state index is 0.0893. The van der Waals surface area contributed by atoms with Crippen molar-refractivity contribution in [2.24, 2.45) is 0 Å². The van der Waals surface area contributed by atoms with Crippen molar-refractivity contribution in [2.45, 2.75) is 25.7 Å². The Hall–Kier alpha value is -1.51. The molecule has 0 saturated carbocycles. The summed E-state index contributed by atoms with van der Waals surface area (Å²) in [6.45, 7) is 5.88. The van der Waals surface area contributed by atoms with Gasteiger partial charge in [-0.05, 0) is 36.8 Å². The lowest BCUT2D eigenvalue weighted by atomic mass is 10.1. The van der Waals surface area contributed by atoms with E-state index in [1.165, 1.54) is 22.5 Å². The topological polar surface area (TPSA) is 78.5 Å². The third-order valence-corrected chi connectivity index (χ3v) is 7.09. The number of hydrogen-bond acceptors (Lipinski definition) is 4. The summed E-state index contributed by atoms with van der Waals surface area (Å²) in [4.78, 5) is 12.6. The van der Waals surface area contributed by atoms with Crippen LogP contribution in [0.3, 0.4) is 0 Å². The average molecular weight is 465 g/mol. The molecule has 2 aromatic carbocycles. The van der Waals surface area contributed by atoms with Crippen LogP contribution in [-0.2, 0) is 10.0 Å². The lowest BCUT2D eigenvalue weighted by Crippen LogP contribution is -2.32. The fraction of sp³-hybridized carbons (Fsp3) is 0.278. The summed E-state index contributed by atoms with van der Waals surface area (Å²) in [5.74, 6) is -0.543. The van der Waals surface area contributed by atoms with Gasteiger partial charge in [0, 0.05) is 23.7 Å². The first kappa shape index (κ1) is 22.8. The molecule has 2 aromatic rings. The standard InChI is InChI=1S/C18H20Cl3N3O3S/c1-4-24(5-2)28(26,27)16-8-12(7-6-11(16)3)18(25)23-22-17-14(20)9-13(19)10-15(17)21/h6-10,22H,4-5H2,1-3H3,(H,23,25). The number of nitrogens with zero attached hydrogens (tertiary/aromatic N) is 1. The molecule has 0 fully saturated rings. The monoisotopic (exact) mass is 463 g/mol. The molecule has 1 amide bonds. The van der Waals surface area contributed by atoms with E-state index in [-0.39, 0.29) is 26.2 Å². The van der Waals surface area contributed by atoms with Gasteiger partial charge < -0.3 is 0 Å². The predicted octanol–water partition coefficient (Wildman–Crippen LogP) is 4.74. The summed E-state index contributed by atoms with van der Waals surface area (Å²) in [6.07, 6.45) is 0. The van der Waals surface area contributed by atoms with E-state index in [4.69, 9.17) is 34.8 Å². The molecule has 0 unspecified atom stereocenters. The van der Waals surface area contributed by atoms with Crippen molar-refractivity contribution >= 4 is 56.4 Å². The Morgan fingerprint density at radius 3 is 2.14 bits per heavy atom. The minimum Gasteiger partial charge on any atom is -0.295 e. The van der Waals surface area contributed by atoms with E-state index in [9.17, 15) is 13.2 Å². The van der Waals surface area contributed by atoms with Crippen molar-refractivity contribution < 1.29 is 13.2 Å². The van der Waals surface area contributed by atoms with Crippen LogP contribution in [0.5, 0.6) is 0 Å². The number of hydrazine groups is 1. The largest absolute Gasteiger partial charge is 0.295 e. The van der Waals surface area contributed by atoms with Crippen LogP contribution in [0.15, 0.2) is 35.2 Å². The second kappa shape index (κ2) is 9.33. The highest BCUT2D eigenvalue weighted by Crippen LogP contribution is 2.33. The normalized spacial score (nSPS) is 11.5. The van der Waals surface area contributed by atoms with Gasteiger partial charge in [-0.3, -0.25) is 15.6 Å². The second-order valence-electron chi connectivity index (χ2n) is 5.89. The number of anilines is 1. The molecule has 0 aliphatic rings. The van der Waals surface area contributed by atoms with Crippen LogP contribution in [0, 0.1) is 6.92 Å². The maximum Gasteiger partial charge on any atom is 0.269 e. The van der Waals surface area contributed by atoms with Crippen molar-refractivity contribution in [3.63, 3.8) is 0 Å². The van der Waals surface area contributed by atoms with Crippen LogP contribution in [0.25, 0.3) is 0 Å². The van der Waals surface area contributed by atoms with Gasteiger partial charge in [-0.2, -0.15) is 4.31 Å². The fourth-order valence-corrected chi connectivity index (χ4v) is 5.20. The molecule has 2 N–H and O–H groups in total. The fourth-order valence-electron chi connectivity index (χ4n) is 2.57. The van der Waals surface area contributed by atoms with Gasteiger partial charge in [-0.1, -0.05) is 54.7 Å². The number of aryl methyl sites for hydroxylation is 1. The summed E-state index contributed by atoms with van der Waals surface area (Å²) in [5, 5.41) is 0.815. The highest BCUT2D eigenvalue weighted by Gasteiger charge is 2.24. The van der Waals surface area contributed by atoms with Gasteiger partial charge in [0.2, 0.25) is 10.0 Å². The van der Waals surface area contributed by atoms with Crippen molar-refractivity contribution in [3.8, 4) is 0 Å². The molecule has 0 radical (unpaired) electrons. The van der Waals surface area contributed by atoms with Gasteiger partial charge in [0.25, 0.3) is 5.91 Å². The molecule has 28 heavy (non-hydrogen) atoms. The van der Waals surface area contributed by atoms with E-state index in [1.54, 1.807) is 32.9 Å². The Balaban J connectivity index is 2.28. The predicted molar refractivity (Wildman–Crippen MR) is 114 cm³/mol. The maximum absolute atomic E-state index is 12.8. The number of sulfonamides is 1. The van der Waals surface area contributed by atoms with Gasteiger partial charge in [-0.25, -0.2) is 8.42 Å². The SMILES string of the molecule is CCN(CC)S(=O)(=O)c1cc(C(=O)NNc2c(Cl)cc(Cl)cc2Cl)ccc1C. The van der Waals surface area contributed by atoms with Crippen LogP contribution in [0.4, 0.5) is 5.69 Å². The summed E-state index contributed by atoms with van der Waals surface area (Å²) in [7, 11) is -3.70. The Labute approximate surface area is 179 Å². The van der Waals surface area contributed by atoms with E-state index in [2.05, 4.69) is 10.9 Å². The molecular formula is C18H20Cl3N3O3S. The smallest absolute Gasteiger partial charge is 0.269 e. The van der Waals surface area contributed by atoms with E-state index in [1.807, 2.05) is 0 Å². The van der Waals surface area contributed by atoms with Gasteiger partial charge in [0.15, 0.2) is 0 Å². The number of halogens is 3. The third-order valence-electron chi connectivity index (χ3n) is 4.08. The quantitative estimate of drug-likeness (QED) is 0.580. The van der Waals surface area contributed by atoms with Crippen LogP contribution < -0.4 is 10.9 Å². The summed E-state index contributed by atoms with van der Waals surface area (Å²) < 4.78 is 27.0. The number of carbonyl (C=O) groups is 1. The zero-order valence-electron chi connectivity index (χ0n) is 15.5. The zero-order valence-corrected chi connectivity index (χ0v) is 18.6. The van der Waals surface area contributed by atoms with Crippen LogP contribution in [0.2, 0.25) is 15.1 Å². The third kappa shape index (κ3) is 4.90. The molecular weight excluding hydrogens is 445 g/mol. The zero-order chi connectivity index (χ0) is 21.1. The first-order valence-electron chi connectivity index (χ1n) is 8.43. The number of amides is 1.